The molecule has 0 saturated heterocycles. The topological polar surface area (TPSA) is 29.9 Å². The normalized spacial score (nSPS) is 12.6. The van der Waals surface area contributed by atoms with Crippen molar-refractivity contribution in [2.45, 2.75) is 43.9 Å². The highest BCUT2D eigenvalue weighted by Gasteiger charge is 2.07. The van der Waals surface area contributed by atoms with Crippen molar-refractivity contribution in [1.82, 2.24) is 15.1 Å². The predicted octanol–water partition coefficient (Wildman–Crippen LogP) is 4.08. The quantitative estimate of drug-likeness (QED) is 0.782. The summed E-state index contributed by atoms with van der Waals surface area (Å²) in [6.07, 6.45) is 1.17. The number of rotatable bonds is 7. The maximum absolute atomic E-state index is 4.40. The minimum absolute atomic E-state index is 0.407. The summed E-state index contributed by atoms with van der Waals surface area (Å²) in [6, 6.07) is 11.4. The Kier molecular flexibility index (Phi) is 5.88. The Morgan fingerprint density at radius 2 is 2.14 bits per heavy atom. The summed E-state index contributed by atoms with van der Waals surface area (Å²) in [5.41, 5.74) is 3.70. The average molecular weight is 303 g/mol. The second-order valence-corrected chi connectivity index (χ2v) is 6.49. The number of hydrogen-bond acceptors (Lipinski definition) is 3. The second-order valence-electron chi connectivity index (χ2n) is 5.44. The highest BCUT2D eigenvalue weighted by molar-refractivity contribution is 7.98. The van der Waals surface area contributed by atoms with Gasteiger partial charge in [0.2, 0.25) is 0 Å². The Balaban J connectivity index is 1.99. The van der Waals surface area contributed by atoms with Crippen molar-refractivity contribution >= 4 is 11.8 Å². The molecule has 0 saturated carbocycles. The first-order chi connectivity index (χ1) is 10.1. The van der Waals surface area contributed by atoms with Gasteiger partial charge in [-0.1, -0.05) is 19.1 Å². The molecular weight excluding hydrogens is 278 g/mol. The Hall–Kier alpha value is -1.26. The third kappa shape index (κ3) is 4.61. The number of nitrogens with zero attached hydrogens (tertiary/aromatic N) is 2. The minimum Gasteiger partial charge on any atom is -0.310 e. The van der Waals surface area contributed by atoms with Gasteiger partial charge in [0.1, 0.15) is 0 Å². The Labute approximate surface area is 132 Å². The van der Waals surface area contributed by atoms with Gasteiger partial charge < -0.3 is 5.32 Å². The molecule has 21 heavy (non-hydrogen) atoms. The van der Waals surface area contributed by atoms with Crippen LogP contribution in [0.5, 0.6) is 0 Å². The molecule has 3 nitrogen and oxygen atoms in total. The monoisotopic (exact) mass is 303 g/mol. The van der Waals surface area contributed by atoms with Gasteiger partial charge in [-0.05, 0) is 50.6 Å². The maximum Gasteiger partial charge on any atom is 0.0596 e. The van der Waals surface area contributed by atoms with E-state index in [4.69, 9.17) is 0 Å². The first kappa shape index (κ1) is 16.1. The van der Waals surface area contributed by atoms with E-state index in [1.54, 1.807) is 0 Å². The summed E-state index contributed by atoms with van der Waals surface area (Å²) in [7, 11) is 2.01. The fourth-order valence-corrected chi connectivity index (χ4v) is 3.29. The molecule has 0 radical (unpaired) electrons. The predicted molar refractivity (Wildman–Crippen MR) is 90.7 cm³/mol. The second kappa shape index (κ2) is 7.66. The van der Waals surface area contributed by atoms with E-state index in [2.05, 4.69) is 54.6 Å². The van der Waals surface area contributed by atoms with Crippen LogP contribution in [-0.4, -0.2) is 16.3 Å². The van der Waals surface area contributed by atoms with Crippen molar-refractivity contribution in [3.63, 3.8) is 0 Å². The van der Waals surface area contributed by atoms with E-state index in [0.717, 1.165) is 18.0 Å². The molecule has 0 spiro atoms. The molecule has 0 bridgehead atoms. The first-order valence-electron chi connectivity index (χ1n) is 7.55. The molecule has 1 aromatic carbocycles. The largest absolute Gasteiger partial charge is 0.310 e. The summed E-state index contributed by atoms with van der Waals surface area (Å²) in [6.45, 7) is 7.52. The third-order valence-electron chi connectivity index (χ3n) is 3.54. The van der Waals surface area contributed by atoms with Gasteiger partial charge >= 0.3 is 0 Å². The van der Waals surface area contributed by atoms with E-state index in [1.807, 2.05) is 30.4 Å². The molecule has 2 aromatic rings. The number of thioether (sulfide) groups is 1. The molecule has 0 aliphatic heterocycles. The van der Waals surface area contributed by atoms with Gasteiger partial charge in [0.25, 0.3) is 0 Å². The number of benzene rings is 1. The van der Waals surface area contributed by atoms with Gasteiger partial charge in [-0.3, -0.25) is 4.68 Å². The zero-order valence-electron chi connectivity index (χ0n) is 13.4. The lowest BCUT2D eigenvalue weighted by Gasteiger charge is -2.14. The van der Waals surface area contributed by atoms with Crippen LogP contribution in [0, 0.1) is 6.92 Å². The van der Waals surface area contributed by atoms with Gasteiger partial charge in [-0.2, -0.15) is 5.10 Å². The smallest absolute Gasteiger partial charge is 0.0596 e. The summed E-state index contributed by atoms with van der Waals surface area (Å²) >= 11 is 1.87. The van der Waals surface area contributed by atoms with Crippen LogP contribution in [0.1, 0.15) is 43.3 Å². The number of hydrogen-bond donors (Lipinski definition) is 1. The average Bonchev–Trinajstić information content (AvgIpc) is 2.81. The molecule has 1 heterocycles. The molecule has 114 valence electrons. The third-order valence-corrected chi connectivity index (χ3v) is 4.57. The molecule has 1 aromatic heterocycles. The fraction of sp³-hybridized carbons (Fsp3) is 0.471. The van der Waals surface area contributed by atoms with Crippen LogP contribution in [0.15, 0.2) is 35.2 Å². The van der Waals surface area contributed by atoms with Gasteiger partial charge in [0.05, 0.1) is 5.69 Å². The van der Waals surface area contributed by atoms with Crippen molar-refractivity contribution in [2.75, 3.05) is 6.54 Å². The molecule has 1 N–H and O–H groups in total. The number of aromatic nitrogens is 2. The molecule has 1 atom stereocenters. The van der Waals surface area contributed by atoms with Crippen molar-refractivity contribution < 1.29 is 0 Å². The lowest BCUT2D eigenvalue weighted by molar-refractivity contribution is 0.570. The zero-order valence-corrected chi connectivity index (χ0v) is 14.2. The lowest BCUT2D eigenvalue weighted by atomic mass is 10.1. The van der Waals surface area contributed by atoms with Crippen LogP contribution in [0.2, 0.25) is 0 Å². The van der Waals surface area contributed by atoms with E-state index >= 15 is 0 Å². The van der Waals surface area contributed by atoms with E-state index in [0.29, 0.717) is 6.04 Å². The number of aryl methyl sites for hydroxylation is 2. The molecule has 2 rings (SSSR count). The fourth-order valence-electron chi connectivity index (χ4n) is 2.31. The summed E-state index contributed by atoms with van der Waals surface area (Å²) < 4.78 is 1.97. The van der Waals surface area contributed by atoms with Crippen LogP contribution < -0.4 is 5.32 Å². The summed E-state index contributed by atoms with van der Waals surface area (Å²) in [5, 5.41) is 7.93. The van der Waals surface area contributed by atoms with Crippen molar-refractivity contribution in [1.29, 1.82) is 0 Å². The molecular formula is C17H25N3S. The minimum atomic E-state index is 0.407. The summed E-state index contributed by atoms with van der Waals surface area (Å²) in [4.78, 5) is 1.32. The highest BCUT2D eigenvalue weighted by Crippen LogP contribution is 2.25. The zero-order chi connectivity index (χ0) is 15.2. The molecule has 0 aliphatic rings. The van der Waals surface area contributed by atoms with Crippen LogP contribution in [-0.2, 0) is 12.8 Å². The first-order valence-corrected chi connectivity index (χ1v) is 8.54. The molecule has 0 amide bonds. The van der Waals surface area contributed by atoms with Crippen LogP contribution in [0.25, 0.3) is 0 Å². The Morgan fingerprint density at radius 1 is 1.33 bits per heavy atom. The standard InChI is InChI=1S/C17H25N3S/c1-5-9-18-14(3)15-7-6-8-17(11-15)21-12-16-10-13(2)19-20(16)4/h6-8,10-11,14,18H,5,9,12H2,1-4H3. The molecule has 4 heteroatoms. The van der Waals surface area contributed by atoms with Crippen LogP contribution >= 0.6 is 11.8 Å². The van der Waals surface area contributed by atoms with Crippen molar-refractivity contribution in [2.24, 2.45) is 7.05 Å². The van der Waals surface area contributed by atoms with Gasteiger partial charge in [0.15, 0.2) is 0 Å². The highest BCUT2D eigenvalue weighted by atomic mass is 32.2. The van der Waals surface area contributed by atoms with E-state index in [1.165, 1.54) is 22.6 Å². The lowest BCUT2D eigenvalue weighted by Crippen LogP contribution is -2.19. The van der Waals surface area contributed by atoms with Crippen LogP contribution in [0.4, 0.5) is 0 Å². The van der Waals surface area contributed by atoms with E-state index in [-0.39, 0.29) is 0 Å². The molecule has 1 unspecified atom stereocenters. The number of nitrogens with one attached hydrogen (secondary N) is 1. The Morgan fingerprint density at radius 3 is 2.81 bits per heavy atom. The SMILES string of the molecule is CCCNC(C)c1cccc(SCc2cc(C)nn2C)c1. The molecule has 0 aliphatic carbocycles. The summed E-state index contributed by atoms with van der Waals surface area (Å²) in [5.74, 6) is 0.956. The van der Waals surface area contributed by atoms with Gasteiger partial charge in [0, 0.05) is 29.4 Å². The van der Waals surface area contributed by atoms with E-state index < -0.39 is 0 Å². The van der Waals surface area contributed by atoms with E-state index in [9.17, 15) is 0 Å². The van der Waals surface area contributed by atoms with Gasteiger partial charge in [-0.25, -0.2) is 0 Å². The van der Waals surface area contributed by atoms with Gasteiger partial charge in [-0.15, -0.1) is 11.8 Å². The Bertz CT molecular complexity index is 577. The maximum atomic E-state index is 4.40. The molecule has 0 fully saturated rings. The van der Waals surface area contributed by atoms with Crippen LogP contribution in [0.3, 0.4) is 0 Å². The van der Waals surface area contributed by atoms with Crippen molar-refractivity contribution in [3.05, 3.63) is 47.3 Å². The van der Waals surface area contributed by atoms with Crippen molar-refractivity contribution in [3.8, 4) is 0 Å².